The molecule has 0 aliphatic heterocycles. The molecule has 0 unspecified atom stereocenters. The zero-order valence-corrected chi connectivity index (χ0v) is 8.59. The van der Waals surface area contributed by atoms with Crippen molar-refractivity contribution in [3.05, 3.63) is 30.1 Å². The molecule has 1 heterocycles. The molecule has 1 aromatic carbocycles. The van der Waals surface area contributed by atoms with E-state index in [4.69, 9.17) is 0 Å². The summed E-state index contributed by atoms with van der Waals surface area (Å²) < 4.78 is 14.1. The molecule has 5 nitrogen and oxygen atoms in total. The molecule has 6 heteroatoms. The minimum Gasteiger partial charge on any atom is -0.298 e. The molecule has 1 aromatic heterocycles. The second kappa shape index (κ2) is 4.18. The summed E-state index contributed by atoms with van der Waals surface area (Å²) >= 11 is 0. The van der Waals surface area contributed by atoms with Gasteiger partial charge in [0.25, 0.3) is 0 Å². The van der Waals surface area contributed by atoms with Crippen molar-refractivity contribution in [2.24, 2.45) is 0 Å². The highest BCUT2D eigenvalue weighted by Gasteiger charge is 2.09. The highest BCUT2D eigenvalue weighted by molar-refractivity contribution is 5.75. The third kappa shape index (κ3) is 2.10. The van der Waals surface area contributed by atoms with E-state index < -0.39 is 0 Å². The van der Waals surface area contributed by atoms with E-state index in [0.717, 1.165) is 0 Å². The average molecular weight is 220 g/mol. The molecule has 0 aliphatic carbocycles. The Bertz CT molecular complexity index is 506. The molecule has 2 rings (SSSR count). The van der Waals surface area contributed by atoms with Crippen LogP contribution in [0.2, 0.25) is 0 Å². The van der Waals surface area contributed by atoms with Crippen LogP contribution in [-0.4, -0.2) is 26.0 Å². The van der Waals surface area contributed by atoms with E-state index in [1.54, 1.807) is 12.1 Å². The molecule has 0 fully saturated rings. The van der Waals surface area contributed by atoms with Crippen molar-refractivity contribution in [2.75, 3.05) is 0 Å². The van der Waals surface area contributed by atoms with Crippen LogP contribution in [0, 0.1) is 5.82 Å². The molecule has 82 valence electrons. The number of benzene rings is 1. The lowest BCUT2D eigenvalue weighted by molar-refractivity contribution is -0.117. The maximum atomic E-state index is 12.7. The van der Waals surface area contributed by atoms with Gasteiger partial charge in [0.1, 0.15) is 12.4 Å². The van der Waals surface area contributed by atoms with Crippen LogP contribution in [0.4, 0.5) is 4.39 Å². The van der Waals surface area contributed by atoms with Crippen LogP contribution in [0.25, 0.3) is 11.4 Å². The van der Waals surface area contributed by atoms with Crippen LogP contribution in [0.15, 0.2) is 24.3 Å². The summed E-state index contributed by atoms with van der Waals surface area (Å²) in [5, 5.41) is 11.0. The minimum absolute atomic E-state index is 0.0457. The standard InChI is InChI=1S/C10H9FN4O/c1-7(16)6-15-10(12-13-14-15)8-2-4-9(11)5-3-8/h2-5H,6H2,1H3. The number of Topliss-reactive ketones (excluding diaryl/α,β-unsaturated/α-hetero) is 1. The SMILES string of the molecule is CC(=O)Cn1nnnc1-c1ccc(F)cc1. The predicted octanol–water partition coefficient (Wildman–Crippen LogP) is 1.07. The van der Waals surface area contributed by atoms with Crippen molar-refractivity contribution >= 4 is 5.78 Å². The van der Waals surface area contributed by atoms with E-state index in [-0.39, 0.29) is 18.1 Å². The van der Waals surface area contributed by atoms with Gasteiger partial charge < -0.3 is 0 Å². The summed E-state index contributed by atoms with van der Waals surface area (Å²) in [4.78, 5) is 11.0. The first-order valence-corrected chi connectivity index (χ1v) is 4.68. The molecule has 16 heavy (non-hydrogen) atoms. The van der Waals surface area contributed by atoms with Crippen molar-refractivity contribution in [3.8, 4) is 11.4 Å². The normalized spacial score (nSPS) is 10.4. The van der Waals surface area contributed by atoms with Crippen molar-refractivity contribution in [2.45, 2.75) is 13.5 Å². The van der Waals surface area contributed by atoms with Gasteiger partial charge in [-0.25, -0.2) is 9.07 Å². The minimum atomic E-state index is -0.325. The van der Waals surface area contributed by atoms with Gasteiger partial charge in [-0.05, 0) is 41.6 Å². The van der Waals surface area contributed by atoms with Gasteiger partial charge in [-0.3, -0.25) is 4.79 Å². The Balaban J connectivity index is 2.36. The van der Waals surface area contributed by atoms with Crippen LogP contribution in [0.5, 0.6) is 0 Å². The molecule has 0 aliphatic rings. The first-order valence-electron chi connectivity index (χ1n) is 4.68. The van der Waals surface area contributed by atoms with Crippen LogP contribution in [0.3, 0.4) is 0 Å². The molecule has 2 aromatic rings. The number of hydrogen-bond donors (Lipinski definition) is 0. The second-order valence-electron chi connectivity index (χ2n) is 3.37. The molecule has 0 N–H and O–H groups in total. The van der Waals surface area contributed by atoms with E-state index in [1.165, 1.54) is 23.7 Å². The van der Waals surface area contributed by atoms with E-state index >= 15 is 0 Å². The topological polar surface area (TPSA) is 60.7 Å². The van der Waals surface area contributed by atoms with Gasteiger partial charge in [0.15, 0.2) is 11.6 Å². The van der Waals surface area contributed by atoms with E-state index in [2.05, 4.69) is 15.5 Å². The number of ketones is 1. The number of hydrogen-bond acceptors (Lipinski definition) is 4. The molecule has 0 saturated heterocycles. The third-order valence-electron chi connectivity index (χ3n) is 2.01. The van der Waals surface area contributed by atoms with Crippen LogP contribution in [-0.2, 0) is 11.3 Å². The van der Waals surface area contributed by atoms with Gasteiger partial charge in [0.2, 0.25) is 0 Å². The number of nitrogens with zero attached hydrogens (tertiary/aromatic N) is 4. The van der Waals surface area contributed by atoms with Gasteiger partial charge in [0.05, 0.1) is 0 Å². The second-order valence-corrected chi connectivity index (χ2v) is 3.37. The molecule has 0 spiro atoms. The monoisotopic (exact) mass is 220 g/mol. The Morgan fingerprint density at radius 3 is 2.69 bits per heavy atom. The summed E-state index contributed by atoms with van der Waals surface area (Å²) in [6, 6.07) is 5.78. The number of carbonyl (C=O) groups is 1. The van der Waals surface area contributed by atoms with Crippen molar-refractivity contribution in [1.82, 2.24) is 20.2 Å². The summed E-state index contributed by atoms with van der Waals surface area (Å²) in [7, 11) is 0. The molecule has 0 saturated carbocycles. The van der Waals surface area contributed by atoms with E-state index in [1.807, 2.05) is 0 Å². The van der Waals surface area contributed by atoms with Gasteiger partial charge >= 0.3 is 0 Å². The Morgan fingerprint density at radius 1 is 1.38 bits per heavy atom. The van der Waals surface area contributed by atoms with Crippen LogP contribution in [0.1, 0.15) is 6.92 Å². The quantitative estimate of drug-likeness (QED) is 0.776. The molecule has 0 bridgehead atoms. The van der Waals surface area contributed by atoms with Crippen LogP contribution >= 0.6 is 0 Å². The van der Waals surface area contributed by atoms with Gasteiger partial charge in [-0.1, -0.05) is 0 Å². The largest absolute Gasteiger partial charge is 0.298 e. The lowest BCUT2D eigenvalue weighted by atomic mass is 10.2. The number of carbonyl (C=O) groups excluding carboxylic acids is 1. The van der Waals surface area contributed by atoms with E-state index in [9.17, 15) is 9.18 Å². The fraction of sp³-hybridized carbons (Fsp3) is 0.200. The number of aromatic nitrogens is 4. The maximum absolute atomic E-state index is 12.7. The molecule has 0 amide bonds. The zero-order valence-electron chi connectivity index (χ0n) is 8.59. The Kier molecular flexibility index (Phi) is 2.72. The highest BCUT2D eigenvalue weighted by Crippen LogP contribution is 2.15. The zero-order chi connectivity index (χ0) is 11.5. The maximum Gasteiger partial charge on any atom is 0.182 e. The van der Waals surface area contributed by atoms with Crippen LogP contribution < -0.4 is 0 Å². The fourth-order valence-electron chi connectivity index (χ4n) is 1.33. The average Bonchev–Trinajstić information content (AvgIpc) is 2.66. The van der Waals surface area contributed by atoms with Crippen molar-refractivity contribution in [1.29, 1.82) is 0 Å². The first-order chi connectivity index (χ1) is 7.66. The van der Waals surface area contributed by atoms with Crippen molar-refractivity contribution < 1.29 is 9.18 Å². The number of tetrazole rings is 1. The summed E-state index contributed by atoms with van der Waals surface area (Å²) in [5.41, 5.74) is 0.674. The smallest absolute Gasteiger partial charge is 0.182 e. The lowest BCUT2D eigenvalue weighted by Crippen LogP contribution is -2.09. The molecule has 0 atom stereocenters. The summed E-state index contributed by atoms with van der Waals surface area (Å²) in [5.74, 6) is 0.0835. The Labute approximate surface area is 90.9 Å². The fourth-order valence-corrected chi connectivity index (χ4v) is 1.33. The first kappa shape index (κ1) is 10.4. The predicted molar refractivity (Wildman–Crippen MR) is 53.9 cm³/mol. The number of halogens is 1. The summed E-state index contributed by atoms with van der Waals surface area (Å²) in [6.45, 7) is 1.57. The summed E-state index contributed by atoms with van der Waals surface area (Å²) in [6.07, 6.45) is 0. The molecular formula is C10H9FN4O. The van der Waals surface area contributed by atoms with E-state index in [0.29, 0.717) is 11.4 Å². The van der Waals surface area contributed by atoms with Gasteiger partial charge in [-0.15, -0.1) is 5.10 Å². The molecular weight excluding hydrogens is 211 g/mol. The Hall–Kier alpha value is -2.11. The highest BCUT2D eigenvalue weighted by atomic mass is 19.1. The lowest BCUT2D eigenvalue weighted by Gasteiger charge is -2.01. The Morgan fingerprint density at radius 2 is 2.06 bits per heavy atom. The van der Waals surface area contributed by atoms with Gasteiger partial charge in [-0.2, -0.15) is 0 Å². The van der Waals surface area contributed by atoms with Gasteiger partial charge in [0, 0.05) is 5.56 Å². The third-order valence-corrected chi connectivity index (χ3v) is 2.01. The number of rotatable bonds is 3. The molecule has 0 radical (unpaired) electrons. The van der Waals surface area contributed by atoms with Crippen molar-refractivity contribution in [3.63, 3.8) is 0 Å².